The predicted molar refractivity (Wildman–Crippen MR) is 91.6 cm³/mol. The maximum absolute atomic E-state index is 12.2. The fraction of sp³-hybridized carbons (Fsp3) is 0.571. The van der Waals surface area contributed by atoms with E-state index in [1.165, 1.54) is 6.07 Å². The number of thioether (sulfide) groups is 1. The van der Waals surface area contributed by atoms with E-state index in [0.29, 0.717) is 11.6 Å². The third kappa shape index (κ3) is 6.16. The molecule has 2 N–H and O–H groups in total. The zero-order chi connectivity index (χ0) is 15.9. The van der Waals surface area contributed by atoms with Crippen LogP contribution in [0, 0.1) is 0 Å². The molecule has 0 amide bonds. The van der Waals surface area contributed by atoms with Crippen molar-refractivity contribution in [2.45, 2.75) is 37.8 Å². The molecule has 0 fully saturated rings. The topological polar surface area (TPSA) is 58.2 Å². The van der Waals surface area contributed by atoms with Crippen molar-refractivity contribution in [2.24, 2.45) is 0 Å². The predicted octanol–water partition coefficient (Wildman–Crippen LogP) is 2.87. The van der Waals surface area contributed by atoms with Crippen LogP contribution in [0.15, 0.2) is 23.1 Å². The summed E-state index contributed by atoms with van der Waals surface area (Å²) in [5.41, 5.74) is 0.904. The normalized spacial score (nSPS) is 13.3. The number of hydrogen-bond acceptors (Lipinski definition) is 4. The van der Waals surface area contributed by atoms with Crippen LogP contribution in [0.4, 0.5) is 0 Å². The van der Waals surface area contributed by atoms with Crippen LogP contribution >= 0.6 is 23.4 Å². The minimum absolute atomic E-state index is 0.116. The fourth-order valence-electron chi connectivity index (χ4n) is 1.86. The summed E-state index contributed by atoms with van der Waals surface area (Å²) < 4.78 is 27.1. The molecule has 0 aromatic heterocycles. The first-order chi connectivity index (χ1) is 9.90. The molecule has 0 radical (unpaired) electrons. The lowest BCUT2D eigenvalue weighted by Crippen LogP contribution is -2.34. The monoisotopic (exact) mass is 350 g/mol. The number of sulfonamides is 1. The third-order valence-electron chi connectivity index (χ3n) is 2.85. The first-order valence-corrected chi connectivity index (χ1v) is 10.2. The Labute approximate surface area is 137 Å². The van der Waals surface area contributed by atoms with Gasteiger partial charge in [-0.25, -0.2) is 13.1 Å². The van der Waals surface area contributed by atoms with E-state index in [-0.39, 0.29) is 10.9 Å². The lowest BCUT2D eigenvalue weighted by atomic mass is 10.2. The van der Waals surface area contributed by atoms with Crippen LogP contribution in [0.2, 0.25) is 5.02 Å². The van der Waals surface area contributed by atoms with E-state index in [4.69, 9.17) is 11.6 Å². The summed E-state index contributed by atoms with van der Waals surface area (Å²) in [5, 5.41) is 3.72. The number of nitrogens with one attached hydrogen (secondary N) is 2. The summed E-state index contributed by atoms with van der Waals surface area (Å²) in [6, 6.07) is 4.76. The van der Waals surface area contributed by atoms with E-state index in [0.717, 1.165) is 24.3 Å². The molecular formula is C14H23ClN2O2S2. The Morgan fingerprint density at radius 2 is 2.10 bits per heavy atom. The summed E-state index contributed by atoms with van der Waals surface area (Å²) in [6.07, 6.45) is 2.99. The zero-order valence-electron chi connectivity index (χ0n) is 12.6. The molecule has 0 aliphatic rings. The average Bonchev–Trinajstić information content (AvgIpc) is 2.40. The van der Waals surface area contributed by atoms with E-state index in [9.17, 15) is 8.42 Å². The Balaban J connectivity index is 2.82. The first-order valence-electron chi connectivity index (χ1n) is 6.91. The van der Waals surface area contributed by atoms with Gasteiger partial charge in [0, 0.05) is 23.4 Å². The highest BCUT2D eigenvalue weighted by Gasteiger charge is 2.18. The molecule has 120 valence electrons. The molecule has 7 heteroatoms. The molecule has 0 aliphatic carbocycles. The number of halogens is 1. The third-order valence-corrected chi connectivity index (χ3v) is 5.62. The van der Waals surface area contributed by atoms with Crippen LogP contribution < -0.4 is 10.0 Å². The SMILES string of the molecule is CCCNCc1ccc(S(=O)(=O)NC(C)CSC)cc1Cl. The van der Waals surface area contributed by atoms with Gasteiger partial charge in [-0.15, -0.1) is 0 Å². The van der Waals surface area contributed by atoms with E-state index in [2.05, 4.69) is 17.0 Å². The van der Waals surface area contributed by atoms with Gasteiger partial charge in [-0.05, 0) is 43.8 Å². The Hall–Kier alpha value is -0.270. The van der Waals surface area contributed by atoms with Crippen LogP contribution in [-0.2, 0) is 16.6 Å². The van der Waals surface area contributed by atoms with Crippen LogP contribution in [0.3, 0.4) is 0 Å². The second-order valence-corrected chi connectivity index (χ2v) is 7.94. The van der Waals surface area contributed by atoms with Gasteiger partial charge in [0.05, 0.1) is 4.90 Å². The molecule has 0 saturated heterocycles. The lowest BCUT2D eigenvalue weighted by Gasteiger charge is -2.14. The Bertz CT molecular complexity index is 550. The van der Waals surface area contributed by atoms with Crippen LogP contribution in [-0.4, -0.2) is 33.0 Å². The van der Waals surface area contributed by atoms with Crippen molar-refractivity contribution < 1.29 is 8.42 Å². The molecule has 1 unspecified atom stereocenters. The standard InChI is InChI=1S/C14H23ClN2O2S2/c1-4-7-16-9-12-5-6-13(8-14(12)15)21(18,19)17-11(2)10-20-3/h5-6,8,11,16-17H,4,7,9-10H2,1-3H3. The minimum Gasteiger partial charge on any atom is -0.313 e. The zero-order valence-corrected chi connectivity index (χ0v) is 15.0. The molecule has 0 aliphatic heterocycles. The summed E-state index contributed by atoms with van der Waals surface area (Å²) in [6.45, 7) is 5.48. The quantitative estimate of drug-likeness (QED) is 0.672. The fourth-order valence-corrected chi connectivity index (χ4v) is 4.13. The second kappa shape index (κ2) is 9.00. The number of rotatable bonds is 9. The highest BCUT2D eigenvalue weighted by molar-refractivity contribution is 7.98. The van der Waals surface area contributed by atoms with Gasteiger partial charge in [0.25, 0.3) is 0 Å². The summed E-state index contributed by atoms with van der Waals surface area (Å²) >= 11 is 7.78. The number of hydrogen-bond donors (Lipinski definition) is 2. The van der Waals surface area contributed by atoms with Crippen molar-refractivity contribution >= 4 is 33.4 Å². The van der Waals surface area contributed by atoms with E-state index in [1.807, 2.05) is 13.2 Å². The van der Waals surface area contributed by atoms with E-state index >= 15 is 0 Å². The minimum atomic E-state index is -3.51. The molecule has 4 nitrogen and oxygen atoms in total. The van der Waals surface area contributed by atoms with Crippen molar-refractivity contribution in [1.29, 1.82) is 0 Å². The van der Waals surface area contributed by atoms with Gasteiger partial charge in [-0.2, -0.15) is 11.8 Å². The number of benzene rings is 1. The maximum Gasteiger partial charge on any atom is 0.240 e. The van der Waals surface area contributed by atoms with Crippen LogP contribution in [0.5, 0.6) is 0 Å². The Kier molecular flexibility index (Phi) is 8.05. The Morgan fingerprint density at radius 1 is 1.38 bits per heavy atom. The molecule has 1 aromatic carbocycles. The second-order valence-electron chi connectivity index (χ2n) is 4.91. The van der Waals surface area contributed by atoms with Crippen molar-refractivity contribution in [3.63, 3.8) is 0 Å². The van der Waals surface area contributed by atoms with E-state index in [1.54, 1.807) is 23.9 Å². The molecule has 1 rings (SSSR count). The summed E-state index contributed by atoms with van der Waals surface area (Å²) in [5.74, 6) is 0.728. The van der Waals surface area contributed by atoms with Crippen molar-refractivity contribution in [2.75, 3.05) is 18.6 Å². The lowest BCUT2D eigenvalue weighted by molar-refractivity contribution is 0.571. The largest absolute Gasteiger partial charge is 0.313 e. The van der Waals surface area contributed by atoms with Gasteiger partial charge < -0.3 is 5.32 Å². The van der Waals surface area contributed by atoms with Gasteiger partial charge in [0.15, 0.2) is 0 Å². The summed E-state index contributed by atoms with van der Waals surface area (Å²) in [7, 11) is -3.51. The van der Waals surface area contributed by atoms with Crippen LogP contribution in [0.1, 0.15) is 25.8 Å². The van der Waals surface area contributed by atoms with Crippen molar-refractivity contribution in [1.82, 2.24) is 10.0 Å². The van der Waals surface area contributed by atoms with Gasteiger partial charge >= 0.3 is 0 Å². The van der Waals surface area contributed by atoms with Gasteiger partial charge in [-0.1, -0.05) is 24.6 Å². The molecule has 1 atom stereocenters. The Morgan fingerprint density at radius 3 is 2.67 bits per heavy atom. The van der Waals surface area contributed by atoms with Gasteiger partial charge in [0.1, 0.15) is 0 Å². The molecule has 0 bridgehead atoms. The maximum atomic E-state index is 12.2. The molecular weight excluding hydrogens is 328 g/mol. The molecule has 0 spiro atoms. The summed E-state index contributed by atoms with van der Waals surface area (Å²) in [4.78, 5) is 0.208. The molecule has 1 aromatic rings. The molecule has 0 saturated carbocycles. The highest BCUT2D eigenvalue weighted by Crippen LogP contribution is 2.21. The highest BCUT2D eigenvalue weighted by atomic mass is 35.5. The van der Waals surface area contributed by atoms with E-state index < -0.39 is 10.0 Å². The molecule has 0 heterocycles. The first kappa shape index (κ1) is 18.8. The van der Waals surface area contributed by atoms with Crippen LogP contribution in [0.25, 0.3) is 0 Å². The smallest absolute Gasteiger partial charge is 0.240 e. The average molecular weight is 351 g/mol. The molecule has 21 heavy (non-hydrogen) atoms. The van der Waals surface area contributed by atoms with Gasteiger partial charge in [0.2, 0.25) is 10.0 Å². The van der Waals surface area contributed by atoms with Crippen molar-refractivity contribution in [3.8, 4) is 0 Å². The van der Waals surface area contributed by atoms with Gasteiger partial charge in [-0.3, -0.25) is 0 Å². The van der Waals surface area contributed by atoms with Crippen molar-refractivity contribution in [3.05, 3.63) is 28.8 Å².